The minimum Gasteiger partial charge on any atom is -0.491 e. The van der Waals surface area contributed by atoms with Crippen molar-refractivity contribution >= 4 is 33.0 Å². The van der Waals surface area contributed by atoms with E-state index in [2.05, 4.69) is 27.7 Å². The summed E-state index contributed by atoms with van der Waals surface area (Å²) in [7, 11) is 0. The molecule has 0 aliphatic rings. The van der Waals surface area contributed by atoms with Gasteiger partial charge >= 0.3 is 0 Å². The van der Waals surface area contributed by atoms with E-state index < -0.39 is 0 Å². The Hall–Kier alpha value is -1.00. The van der Waals surface area contributed by atoms with Crippen molar-refractivity contribution < 1.29 is 4.74 Å². The number of nitrogens with zero attached hydrogens (tertiary/aromatic N) is 1. The molecule has 2 aromatic rings. The van der Waals surface area contributed by atoms with E-state index in [0.29, 0.717) is 13.2 Å². The fourth-order valence-corrected chi connectivity index (χ4v) is 3.54. The number of pyridine rings is 1. The third-order valence-electron chi connectivity index (χ3n) is 3.44. The number of ether oxygens (including phenoxy) is 1. The number of alkyl halides is 1. The van der Waals surface area contributed by atoms with E-state index in [1.807, 2.05) is 11.4 Å². The summed E-state index contributed by atoms with van der Waals surface area (Å²) < 4.78 is 8.57. The summed E-state index contributed by atoms with van der Waals surface area (Å²) in [5.74, 6) is 1.06. The molecule has 3 nitrogen and oxygen atoms in total. The first-order chi connectivity index (χ1) is 10.4. The Morgan fingerprint density at radius 3 is 2.68 bits per heavy atom. The summed E-state index contributed by atoms with van der Waals surface area (Å²) in [5.41, 5.74) is 0.831. The van der Waals surface area contributed by atoms with Crippen LogP contribution in [0.2, 0.25) is 0 Å². The van der Waals surface area contributed by atoms with Crippen molar-refractivity contribution in [2.45, 2.75) is 53.0 Å². The van der Waals surface area contributed by atoms with Crippen molar-refractivity contribution in [3.8, 4) is 5.75 Å². The SMILES string of the molecule is CCCCOc1c(CCl)n(CC(C)(C)C)c(=O)c2sccc12. The molecule has 0 unspecified atom stereocenters. The zero-order valence-corrected chi connectivity index (χ0v) is 15.3. The number of rotatable bonds is 6. The highest BCUT2D eigenvalue weighted by atomic mass is 35.5. The predicted octanol–water partition coefficient (Wildman–Crippen LogP) is 5.03. The van der Waals surface area contributed by atoms with Crippen molar-refractivity contribution in [2.75, 3.05) is 6.61 Å². The van der Waals surface area contributed by atoms with Gasteiger partial charge in [-0.15, -0.1) is 22.9 Å². The van der Waals surface area contributed by atoms with Crippen LogP contribution in [-0.4, -0.2) is 11.2 Å². The molecule has 5 heteroatoms. The Morgan fingerprint density at radius 1 is 1.36 bits per heavy atom. The molecule has 2 aromatic heterocycles. The van der Waals surface area contributed by atoms with Crippen LogP contribution in [0.15, 0.2) is 16.2 Å². The number of fused-ring (bicyclic) bond motifs is 1. The largest absolute Gasteiger partial charge is 0.491 e. The topological polar surface area (TPSA) is 31.2 Å². The second kappa shape index (κ2) is 7.05. The molecule has 22 heavy (non-hydrogen) atoms. The van der Waals surface area contributed by atoms with Gasteiger partial charge < -0.3 is 9.30 Å². The normalized spacial score (nSPS) is 12.0. The summed E-state index contributed by atoms with van der Waals surface area (Å²) in [6.45, 7) is 9.77. The van der Waals surface area contributed by atoms with Crippen LogP contribution in [0.5, 0.6) is 5.75 Å². The zero-order chi connectivity index (χ0) is 16.3. The van der Waals surface area contributed by atoms with E-state index in [-0.39, 0.29) is 16.9 Å². The molecular weight excluding hydrogens is 318 g/mol. The van der Waals surface area contributed by atoms with Crippen LogP contribution >= 0.6 is 22.9 Å². The third-order valence-corrected chi connectivity index (χ3v) is 4.60. The Morgan fingerprint density at radius 2 is 2.09 bits per heavy atom. The van der Waals surface area contributed by atoms with Crippen LogP contribution in [0.1, 0.15) is 46.2 Å². The number of unbranched alkanes of at least 4 members (excludes halogenated alkanes) is 1. The fourth-order valence-electron chi connectivity index (χ4n) is 2.43. The van der Waals surface area contributed by atoms with Crippen molar-refractivity contribution in [1.82, 2.24) is 4.57 Å². The molecule has 0 fully saturated rings. The molecule has 0 aliphatic carbocycles. The maximum atomic E-state index is 12.8. The van der Waals surface area contributed by atoms with Crippen LogP contribution in [0.25, 0.3) is 10.1 Å². The first-order valence-corrected chi connectivity index (χ1v) is 9.12. The minimum atomic E-state index is -0.00371. The van der Waals surface area contributed by atoms with Gasteiger partial charge in [0.1, 0.15) is 10.4 Å². The number of halogens is 1. The van der Waals surface area contributed by atoms with Crippen LogP contribution in [0.3, 0.4) is 0 Å². The standard InChI is InChI=1S/C17H24ClNO2S/c1-5-6-8-21-14-12-7-9-22-15(12)16(20)19(13(14)10-18)11-17(2,3)4/h7,9H,5-6,8,10-11H2,1-4H3. The number of hydrogen-bond donors (Lipinski definition) is 0. The molecule has 0 aliphatic heterocycles. The lowest BCUT2D eigenvalue weighted by molar-refractivity contribution is 0.297. The van der Waals surface area contributed by atoms with Crippen LogP contribution < -0.4 is 10.3 Å². The van der Waals surface area contributed by atoms with E-state index in [1.54, 1.807) is 4.57 Å². The van der Waals surface area contributed by atoms with Crippen LogP contribution in [-0.2, 0) is 12.4 Å². The average Bonchev–Trinajstić information content (AvgIpc) is 2.92. The maximum Gasteiger partial charge on any atom is 0.269 e. The maximum absolute atomic E-state index is 12.8. The number of thiophene rings is 1. The van der Waals surface area contributed by atoms with Crippen molar-refractivity contribution in [3.05, 3.63) is 27.5 Å². The van der Waals surface area contributed by atoms with Crippen molar-refractivity contribution in [1.29, 1.82) is 0 Å². The van der Waals surface area contributed by atoms with Crippen molar-refractivity contribution in [3.63, 3.8) is 0 Å². The van der Waals surface area contributed by atoms with E-state index >= 15 is 0 Å². The Labute approximate surface area is 140 Å². The lowest BCUT2D eigenvalue weighted by Crippen LogP contribution is -2.29. The van der Waals surface area contributed by atoms with Gasteiger partial charge in [-0.05, 0) is 23.3 Å². The highest BCUT2D eigenvalue weighted by molar-refractivity contribution is 7.17. The first-order valence-electron chi connectivity index (χ1n) is 7.70. The lowest BCUT2D eigenvalue weighted by atomic mass is 9.96. The van der Waals surface area contributed by atoms with Crippen molar-refractivity contribution in [2.24, 2.45) is 5.41 Å². The van der Waals surface area contributed by atoms with E-state index in [9.17, 15) is 4.79 Å². The molecule has 0 saturated heterocycles. The summed E-state index contributed by atoms with van der Waals surface area (Å²) >= 11 is 7.65. The fraction of sp³-hybridized carbons (Fsp3) is 0.588. The van der Waals surface area contributed by atoms with Gasteiger partial charge in [-0.25, -0.2) is 0 Å². The van der Waals surface area contributed by atoms with Gasteiger partial charge in [-0.2, -0.15) is 0 Å². The van der Waals surface area contributed by atoms with Gasteiger partial charge in [-0.1, -0.05) is 34.1 Å². The van der Waals surface area contributed by atoms with Gasteiger partial charge in [0.2, 0.25) is 0 Å². The lowest BCUT2D eigenvalue weighted by Gasteiger charge is -2.24. The summed E-state index contributed by atoms with van der Waals surface area (Å²) in [5, 5.41) is 2.84. The number of hydrogen-bond acceptors (Lipinski definition) is 3. The predicted molar refractivity (Wildman–Crippen MR) is 95.5 cm³/mol. The molecule has 0 spiro atoms. The molecule has 2 heterocycles. The molecular formula is C17H24ClNO2S. The molecule has 0 bridgehead atoms. The minimum absolute atomic E-state index is 0.00371. The van der Waals surface area contributed by atoms with E-state index in [1.165, 1.54) is 11.3 Å². The number of aromatic nitrogens is 1. The smallest absolute Gasteiger partial charge is 0.269 e. The Kier molecular flexibility index (Phi) is 5.56. The summed E-state index contributed by atoms with van der Waals surface area (Å²) in [6.07, 6.45) is 2.07. The summed E-state index contributed by atoms with van der Waals surface area (Å²) in [6, 6.07) is 1.96. The highest BCUT2D eigenvalue weighted by Gasteiger charge is 2.21. The Bertz CT molecular complexity index is 697. The second-order valence-electron chi connectivity index (χ2n) is 6.73. The van der Waals surface area contributed by atoms with Gasteiger partial charge in [-0.3, -0.25) is 4.79 Å². The third kappa shape index (κ3) is 3.66. The molecule has 2 rings (SSSR count). The molecule has 0 aromatic carbocycles. The quantitative estimate of drug-likeness (QED) is 0.545. The van der Waals surface area contributed by atoms with E-state index in [0.717, 1.165) is 34.4 Å². The summed E-state index contributed by atoms with van der Waals surface area (Å²) in [4.78, 5) is 12.8. The Balaban J connectivity index is 2.62. The first kappa shape index (κ1) is 17.4. The molecule has 0 saturated carbocycles. The average molecular weight is 342 g/mol. The highest BCUT2D eigenvalue weighted by Crippen LogP contribution is 2.33. The monoisotopic (exact) mass is 341 g/mol. The van der Waals surface area contributed by atoms with Crippen LogP contribution in [0, 0.1) is 5.41 Å². The zero-order valence-electron chi connectivity index (χ0n) is 13.7. The molecule has 0 radical (unpaired) electrons. The van der Waals surface area contributed by atoms with Gasteiger partial charge in [0.05, 0.1) is 18.2 Å². The molecule has 0 N–H and O–H groups in total. The van der Waals surface area contributed by atoms with Gasteiger partial charge in [0.25, 0.3) is 5.56 Å². The van der Waals surface area contributed by atoms with Gasteiger partial charge in [0, 0.05) is 11.9 Å². The van der Waals surface area contributed by atoms with E-state index in [4.69, 9.17) is 16.3 Å². The van der Waals surface area contributed by atoms with Gasteiger partial charge in [0.15, 0.2) is 0 Å². The molecule has 122 valence electrons. The second-order valence-corrected chi connectivity index (χ2v) is 7.91. The molecule has 0 amide bonds. The molecule has 0 atom stereocenters. The van der Waals surface area contributed by atoms with Crippen LogP contribution in [0.4, 0.5) is 0 Å².